The molecule has 4 rings (SSSR count). The van der Waals surface area contributed by atoms with E-state index in [-0.39, 0.29) is 22.5 Å². The Bertz CT molecular complexity index is 1130. The first-order chi connectivity index (χ1) is 13.3. The van der Waals surface area contributed by atoms with Crippen molar-refractivity contribution in [3.8, 4) is 0 Å². The number of pyridine rings is 1. The van der Waals surface area contributed by atoms with Gasteiger partial charge in [-0.15, -0.1) is 0 Å². The monoisotopic (exact) mass is 401 g/mol. The number of hydrogen-bond acceptors (Lipinski definition) is 4. The van der Waals surface area contributed by atoms with Gasteiger partial charge in [-0.1, -0.05) is 0 Å². The minimum absolute atomic E-state index is 0.0259. The molecule has 0 bridgehead atoms. The minimum atomic E-state index is -3.29. The molecule has 0 spiro atoms. The normalized spacial score (nSPS) is 15.9. The van der Waals surface area contributed by atoms with Crippen LogP contribution in [0.2, 0.25) is 0 Å². The van der Waals surface area contributed by atoms with Gasteiger partial charge in [-0.3, -0.25) is 4.79 Å². The number of fused-ring (bicyclic) bond motifs is 1. The number of likely N-dealkylation sites (tertiary alicyclic amines) is 1. The molecule has 3 aromatic rings. The second kappa shape index (κ2) is 7.01. The Balaban J connectivity index is 1.49. The number of nitrogens with zero attached hydrogens (tertiary/aromatic N) is 2. The van der Waals surface area contributed by atoms with Gasteiger partial charge >= 0.3 is 0 Å². The largest absolute Gasteiger partial charge is 0.346 e. The molecular formula is C20H20FN3O3S. The molecule has 1 saturated heterocycles. The summed E-state index contributed by atoms with van der Waals surface area (Å²) in [5, 5.41) is 0.793. The van der Waals surface area contributed by atoms with Gasteiger partial charge in [0.15, 0.2) is 9.84 Å². The van der Waals surface area contributed by atoms with Gasteiger partial charge in [-0.2, -0.15) is 0 Å². The summed E-state index contributed by atoms with van der Waals surface area (Å²) in [6, 6.07) is 7.81. The van der Waals surface area contributed by atoms with E-state index in [9.17, 15) is 17.6 Å². The van der Waals surface area contributed by atoms with Gasteiger partial charge in [0.1, 0.15) is 11.5 Å². The fourth-order valence-electron chi connectivity index (χ4n) is 3.82. The Hall–Kier alpha value is -2.74. The molecule has 0 radical (unpaired) electrons. The zero-order chi connectivity index (χ0) is 19.9. The Morgan fingerprint density at radius 2 is 1.86 bits per heavy atom. The number of aromatic amines is 1. The summed E-state index contributed by atoms with van der Waals surface area (Å²) in [5.74, 6) is -0.424. The fourth-order valence-corrected chi connectivity index (χ4v) is 4.45. The van der Waals surface area contributed by atoms with E-state index in [1.54, 1.807) is 11.1 Å². The van der Waals surface area contributed by atoms with Crippen LogP contribution < -0.4 is 0 Å². The first-order valence-electron chi connectivity index (χ1n) is 9.05. The third-order valence-electron chi connectivity index (χ3n) is 5.30. The number of hydrogen-bond donors (Lipinski definition) is 1. The highest BCUT2D eigenvalue weighted by Crippen LogP contribution is 2.34. The molecule has 8 heteroatoms. The molecule has 1 aliphatic rings. The molecule has 0 saturated carbocycles. The van der Waals surface area contributed by atoms with Gasteiger partial charge in [0.2, 0.25) is 0 Å². The van der Waals surface area contributed by atoms with E-state index in [4.69, 9.17) is 0 Å². The number of amides is 1. The molecular weight excluding hydrogens is 381 g/mol. The molecule has 146 valence electrons. The standard InChI is InChI=1S/C20H20FN3O3S/c1-28(26,27)15-4-2-14(3-5-15)20(25)24-10-7-13(8-11-24)18-16-6-9-22-19(16)23-12-17(18)21/h2-6,9,12-13H,7-8,10-11H2,1H3,(H,22,23). The number of nitrogens with one attached hydrogen (secondary N) is 1. The average Bonchev–Trinajstić information content (AvgIpc) is 3.16. The van der Waals surface area contributed by atoms with Gasteiger partial charge < -0.3 is 9.88 Å². The first-order valence-corrected chi connectivity index (χ1v) is 10.9. The summed E-state index contributed by atoms with van der Waals surface area (Å²) in [6.45, 7) is 1.04. The molecule has 3 heterocycles. The van der Waals surface area contributed by atoms with Crippen LogP contribution >= 0.6 is 0 Å². The second-order valence-electron chi connectivity index (χ2n) is 7.12. The lowest BCUT2D eigenvalue weighted by molar-refractivity contribution is 0.0712. The number of aromatic nitrogens is 2. The van der Waals surface area contributed by atoms with E-state index >= 15 is 0 Å². The van der Waals surface area contributed by atoms with Crippen LogP contribution in [0.3, 0.4) is 0 Å². The predicted octanol–water partition coefficient (Wildman–Crippen LogP) is 3.13. The van der Waals surface area contributed by atoms with Gasteiger partial charge in [-0.25, -0.2) is 17.8 Å². The smallest absolute Gasteiger partial charge is 0.253 e. The number of benzene rings is 1. The summed E-state index contributed by atoms with van der Waals surface area (Å²) < 4.78 is 37.5. The molecule has 1 aromatic carbocycles. The summed E-state index contributed by atoms with van der Waals surface area (Å²) in [7, 11) is -3.29. The summed E-state index contributed by atoms with van der Waals surface area (Å²) >= 11 is 0. The number of sulfone groups is 1. The Morgan fingerprint density at radius 1 is 1.18 bits per heavy atom. The number of halogens is 1. The highest BCUT2D eigenvalue weighted by molar-refractivity contribution is 7.90. The van der Waals surface area contributed by atoms with E-state index in [2.05, 4.69) is 9.97 Å². The average molecular weight is 401 g/mol. The maximum Gasteiger partial charge on any atom is 0.253 e. The number of piperidine rings is 1. The zero-order valence-corrected chi connectivity index (χ0v) is 16.2. The molecule has 0 aliphatic carbocycles. The topological polar surface area (TPSA) is 83.1 Å². The van der Waals surface area contributed by atoms with Crippen molar-refractivity contribution in [1.82, 2.24) is 14.9 Å². The van der Waals surface area contributed by atoms with E-state index < -0.39 is 9.84 Å². The minimum Gasteiger partial charge on any atom is -0.346 e. The van der Waals surface area contributed by atoms with E-state index in [1.807, 2.05) is 6.07 Å². The highest BCUT2D eigenvalue weighted by atomic mass is 32.2. The molecule has 6 nitrogen and oxygen atoms in total. The third kappa shape index (κ3) is 3.40. The van der Waals surface area contributed by atoms with E-state index in [1.165, 1.54) is 30.5 Å². The number of H-pyrrole nitrogens is 1. The molecule has 0 unspecified atom stereocenters. The summed E-state index contributed by atoms with van der Waals surface area (Å²) in [4.78, 5) is 21.7. The summed E-state index contributed by atoms with van der Waals surface area (Å²) in [6.07, 6.45) is 5.45. The molecule has 1 N–H and O–H groups in total. The van der Waals surface area contributed by atoms with Crippen molar-refractivity contribution in [3.05, 3.63) is 59.7 Å². The molecule has 1 aliphatic heterocycles. The molecule has 28 heavy (non-hydrogen) atoms. The van der Waals surface area contributed by atoms with Crippen LogP contribution in [0.25, 0.3) is 11.0 Å². The van der Waals surface area contributed by atoms with Gasteiger partial charge in [-0.05, 0) is 49.1 Å². The van der Waals surface area contributed by atoms with Crippen LogP contribution in [0.1, 0.15) is 34.7 Å². The maximum atomic E-state index is 14.4. The van der Waals surface area contributed by atoms with Gasteiger partial charge in [0, 0.05) is 42.1 Å². The highest BCUT2D eigenvalue weighted by Gasteiger charge is 2.28. The molecule has 1 amide bonds. The van der Waals surface area contributed by atoms with Crippen molar-refractivity contribution < 1.29 is 17.6 Å². The number of carbonyl (C=O) groups excluding carboxylic acids is 1. The van der Waals surface area contributed by atoms with E-state index in [0.717, 1.165) is 11.6 Å². The number of rotatable bonds is 3. The van der Waals surface area contributed by atoms with E-state index in [0.29, 0.717) is 42.7 Å². The SMILES string of the molecule is CS(=O)(=O)c1ccc(C(=O)N2CCC(c3c(F)cnc4[nH]ccc34)CC2)cc1. The maximum absolute atomic E-state index is 14.4. The van der Waals surface area contributed by atoms with Crippen molar-refractivity contribution >= 4 is 26.8 Å². The van der Waals surface area contributed by atoms with Crippen molar-refractivity contribution in [2.24, 2.45) is 0 Å². The van der Waals surface area contributed by atoms with Crippen molar-refractivity contribution in [3.63, 3.8) is 0 Å². The van der Waals surface area contributed by atoms with Crippen LogP contribution in [0, 0.1) is 5.82 Å². The quantitative estimate of drug-likeness (QED) is 0.731. The Labute approximate surface area is 162 Å². The van der Waals surface area contributed by atoms with Crippen LogP contribution in [-0.4, -0.2) is 48.5 Å². The van der Waals surface area contributed by atoms with Crippen molar-refractivity contribution in [2.75, 3.05) is 19.3 Å². The fraction of sp³-hybridized carbons (Fsp3) is 0.300. The predicted molar refractivity (Wildman–Crippen MR) is 103 cm³/mol. The Kier molecular flexibility index (Phi) is 4.66. The first kappa shape index (κ1) is 18.6. The van der Waals surface area contributed by atoms with Crippen LogP contribution in [0.5, 0.6) is 0 Å². The molecule has 1 fully saturated rings. The zero-order valence-electron chi connectivity index (χ0n) is 15.4. The lowest BCUT2D eigenvalue weighted by atomic mass is 9.87. The summed E-state index contributed by atoms with van der Waals surface area (Å²) in [5.41, 5.74) is 1.78. The molecule has 2 aromatic heterocycles. The van der Waals surface area contributed by atoms with Crippen molar-refractivity contribution in [1.29, 1.82) is 0 Å². The van der Waals surface area contributed by atoms with Gasteiger partial charge in [0.05, 0.1) is 11.1 Å². The van der Waals surface area contributed by atoms with Crippen LogP contribution in [0.4, 0.5) is 4.39 Å². The molecule has 0 atom stereocenters. The van der Waals surface area contributed by atoms with Crippen LogP contribution in [0.15, 0.2) is 47.6 Å². The second-order valence-corrected chi connectivity index (χ2v) is 9.14. The Morgan fingerprint density at radius 3 is 2.50 bits per heavy atom. The van der Waals surface area contributed by atoms with Crippen molar-refractivity contribution in [2.45, 2.75) is 23.7 Å². The van der Waals surface area contributed by atoms with Gasteiger partial charge in [0.25, 0.3) is 5.91 Å². The lowest BCUT2D eigenvalue weighted by Crippen LogP contribution is -2.38. The number of carbonyl (C=O) groups is 1. The lowest BCUT2D eigenvalue weighted by Gasteiger charge is -2.32. The van der Waals surface area contributed by atoms with Crippen LogP contribution in [-0.2, 0) is 9.84 Å². The third-order valence-corrected chi connectivity index (χ3v) is 6.43.